The van der Waals surface area contributed by atoms with Crippen molar-refractivity contribution in [2.45, 2.75) is 0 Å². The molecule has 0 radical (unpaired) electrons. The Bertz CT molecular complexity index is 823. The van der Waals surface area contributed by atoms with Crippen LogP contribution in [0.2, 0.25) is 15.1 Å². The van der Waals surface area contributed by atoms with Crippen molar-refractivity contribution in [3.8, 4) is 0 Å². The average molecular weight is 325 g/mol. The van der Waals surface area contributed by atoms with Gasteiger partial charge in [0, 0.05) is 22.7 Å². The van der Waals surface area contributed by atoms with Crippen LogP contribution >= 0.6 is 34.8 Å². The Morgan fingerprint density at radius 2 is 1.60 bits per heavy atom. The van der Waals surface area contributed by atoms with E-state index >= 15 is 0 Å². The van der Waals surface area contributed by atoms with E-state index in [1.54, 1.807) is 36.5 Å². The van der Waals surface area contributed by atoms with Crippen molar-refractivity contribution in [3.05, 3.63) is 68.8 Å². The van der Waals surface area contributed by atoms with Crippen molar-refractivity contribution in [2.24, 2.45) is 0 Å². The minimum atomic E-state index is -0.189. The van der Waals surface area contributed by atoms with Crippen molar-refractivity contribution < 1.29 is 4.79 Å². The van der Waals surface area contributed by atoms with E-state index in [4.69, 9.17) is 34.8 Å². The molecule has 5 heteroatoms. The summed E-state index contributed by atoms with van der Waals surface area (Å²) in [7, 11) is 0. The molecule has 20 heavy (non-hydrogen) atoms. The monoisotopic (exact) mass is 323 g/mol. The van der Waals surface area contributed by atoms with Gasteiger partial charge in [-0.1, -0.05) is 53.0 Å². The fourth-order valence-electron chi connectivity index (χ4n) is 2.13. The number of fused-ring (bicyclic) bond motifs is 1. The summed E-state index contributed by atoms with van der Waals surface area (Å²) in [5.41, 5.74) is 1.63. The molecule has 0 amide bonds. The quantitative estimate of drug-likeness (QED) is 0.632. The lowest BCUT2D eigenvalue weighted by atomic mass is 10.0. The maximum absolute atomic E-state index is 12.6. The van der Waals surface area contributed by atoms with Crippen molar-refractivity contribution in [1.29, 1.82) is 0 Å². The molecular formula is C15H8Cl3NO. The van der Waals surface area contributed by atoms with Crippen LogP contribution in [-0.4, -0.2) is 10.8 Å². The predicted molar refractivity (Wildman–Crippen MR) is 83.2 cm³/mol. The lowest BCUT2D eigenvalue weighted by molar-refractivity contribution is 0.104. The molecule has 0 unspecified atom stereocenters. The summed E-state index contributed by atoms with van der Waals surface area (Å²) in [4.78, 5) is 15.6. The van der Waals surface area contributed by atoms with Gasteiger partial charge in [-0.15, -0.1) is 0 Å². The average Bonchev–Trinajstić information content (AvgIpc) is 2.86. The highest BCUT2D eigenvalue weighted by Gasteiger charge is 2.18. The van der Waals surface area contributed by atoms with Crippen molar-refractivity contribution in [2.75, 3.05) is 0 Å². The summed E-state index contributed by atoms with van der Waals surface area (Å²) in [5, 5.41) is 1.95. The summed E-state index contributed by atoms with van der Waals surface area (Å²) in [6.07, 6.45) is 1.64. The number of hydrogen-bond donors (Lipinski definition) is 1. The summed E-state index contributed by atoms with van der Waals surface area (Å²) in [5.74, 6) is -0.189. The maximum Gasteiger partial charge on any atom is 0.196 e. The summed E-state index contributed by atoms with van der Waals surface area (Å²) in [6, 6.07) is 10.4. The van der Waals surface area contributed by atoms with Crippen LogP contribution in [0.1, 0.15) is 15.9 Å². The van der Waals surface area contributed by atoms with Crippen LogP contribution in [0.15, 0.2) is 42.6 Å². The fourth-order valence-corrected chi connectivity index (χ4v) is 2.74. The van der Waals surface area contributed by atoms with Gasteiger partial charge < -0.3 is 4.98 Å². The molecule has 1 N–H and O–H groups in total. The molecule has 0 saturated carbocycles. The van der Waals surface area contributed by atoms with E-state index in [1.165, 1.54) is 0 Å². The highest BCUT2D eigenvalue weighted by atomic mass is 35.5. The molecule has 0 aliphatic rings. The second kappa shape index (κ2) is 5.13. The van der Waals surface area contributed by atoms with E-state index in [0.29, 0.717) is 21.2 Å². The lowest BCUT2D eigenvalue weighted by Crippen LogP contribution is -2.01. The topological polar surface area (TPSA) is 32.9 Å². The third-order valence-electron chi connectivity index (χ3n) is 3.11. The Labute approximate surface area is 130 Å². The molecule has 0 bridgehead atoms. The number of rotatable bonds is 2. The number of benzene rings is 2. The number of hydrogen-bond acceptors (Lipinski definition) is 1. The zero-order chi connectivity index (χ0) is 14.3. The fraction of sp³-hybridized carbons (Fsp3) is 0. The Morgan fingerprint density at radius 3 is 2.40 bits per heavy atom. The highest BCUT2D eigenvalue weighted by Crippen LogP contribution is 2.31. The standard InChI is InChI=1S/C15H8Cl3NO/c16-11-5-2-4-9(13(11)18)15(20)10-7-19-14-8(10)3-1-6-12(14)17/h1-7,19H. The van der Waals surface area contributed by atoms with Crippen LogP contribution in [-0.2, 0) is 0 Å². The third-order valence-corrected chi connectivity index (χ3v) is 4.24. The number of ketones is 1. The first-order valence-electron chi connectivity index (χ1n) is 5.84. The van der Waals surface area contributed by atoms with Crippen LogP contribution in [0, 0.1) is 0 Å². The number of aromatic amines is 1. The zero-order valence-corrected chi connectivity index (χ0v) is 12.4. The SMILES string of the molecule is O=C(c1cccc(Cl)c1Cl)c1c[nH]c2c(Cl)cccc12. The largest absolute Gasteiger partial charge is 0.359 e. The minimum absolute atomic E-state index is 0.189. The molecule has 0 atom stereocenters. The van der Waals surface area contributed by atoms with Gasteiger partial charge in [0.1, 0.15) is 0 Å². The normalized spacial score (nSPS) is 10.9. The third kappa shape index (κ3) is 2.10. The second-order valence-corrected chi connectivity index (χ2v) is 5.49. The van der Waals surface area contributed by atoms with E-state index < -0.39 is 0 Å². The molecule has 2 aromatic carbocycles. The van der Waals surface area contributed by atoms with E-state index in [0.717, 1.165) is 10.9 Å². The van der Waals surface area contributed by atoms with Gasteiger partial charge >= 0.3 is 0 Å². The van der Waals surface area contributed by atoms with Gasteiger partial charge in [-0.3, -0.25) is 4.79 Å². The molecule has 1 aromatic heterocycles. The lowest BCUT2D eigenvalue weighted by Gasteiger charge is -2.04. The Morgan fingerprint density at radius 1 is 0.900 bits per heavy atom. The number of carbonyl (C=O) groups is 1. The summed E-state index contributed by atoms with van der Waals surface area (Å²) < 4.78 is 0. The molecule has 0 aliphatic heterocycles. The number of carbonyl (C=O) groups excluding carboxylic acids is 1. The van der Waals surface area contributed by atoms with Gasteiger partial charge in [-0.25, -0.2) is 0 Å². The van der Waals surface area contributed by atoms with Gasteiger partial charge in [0.05, 0.1) is 20.6 Å². The molecule has 0 saturated heterocycles. The predicted octanol–water partition coefficient (Wildman–Crippen LogP) is 5.36. The van der Waals surface area contributed by atoms with Crippen LogP contribution in [0.25, 0.3) is 10.9 Å². The van der Waals surface area contributed by atoms with Crippen molar-refractivity contribution in [3.63, 3.8) is 0 Å². The number of nitrogens with one attached hydrogen (secondary N) is 1. The molecule has 3 aromatic rings. The van der Waals surface area contributed by atoms with Gasteiger partial charge in [0.2, 0.25) is 0 Å². The molecule has 1 heterocycles. The second-order valence-electron chi connectivity index (χ2n) is 4.30. The first-order chi connectivity index (χ1) is 9.59. The van der Waals surface area contributed by atoms with E-state index in [-0.39, 0.29) is 10.8 Å². The number of aromatic nitrogens is 1. The van der Waals surface area contributed by atoms with Gasteiger partial charge in [0.25, 0.3) is 0 Å². The molecular weight excluding hydrogens is 317 g/mol. The van der Waals surface area contributed by atoms with Gasteiger partial charge in [-0.05, 0) is 18.2 Å². The molecule has 2 nitrogen and oxygen atoms in total. The summed E-state index contributed by atoms with van der Waals surface area (Å²) >= 11 is 18.1. The van der Waals surface area contributed by atoms with Crippen LogP contribution < -0.4 is 0 Å². The number of para-hydroxylation sites is 1. The van der Waals surface area contributed by atoms with Crippen LogP contribution in [0.5, 0.6) is 0 Å². The Kier molecular flexibility index (Phi) is 3.47. The van der Waals surface area contributed by atoms with E-state index in [9.17, 15) is 4.79 Å². The molecule has 3 rings (SSSR count). The Balaban J connectivity index is 2.18. The first-order valence-corrected chi connectivity index (χ1v) is 6.97. The number of halogens is 3. The number of H-pyrrole nitrogens is 1. The van der Waals surface area contributed by atoms with E-state index in [1.807, 2.05) is 6.07 Å². The summed E-state index contributed by atoms with van der Waals surface area (Å²) in [6.45, 7) is 0. The highest BCUT2D eigenvalue weighted by molar-refractivity contribution is 6.44. The molecule has 0 spiro atoms. The van der Waals surface area contributed by atoms with Crippen LogP contribution in [0.3, 0.4) is 0 Å². The minimum Gasteiger partial charge on any atom is -0.359 e. The smallest absolute Gasteiger partial charge is 0.196 e. The van der Waals surface area contributed by atoms with Crippen LogP contribution in [0.4, 0.5) is 0 Å². The first kappa shape index (κ1) is 13.5. The molecule has 100 valence electrons. The van der Waals surface area contributed by atoms with Crippen molar-refractivity contribution >= 4 is 51.5 Å². The zero-order valence-electron chi connectivity index (χ0n) is 10.1. The molecule has 0 fully saturated rings. The molecule has 0 aliphatic carbocycles. The van der Waals surface area contributed by atoms with Gasteiger partial charge in [-0.2, -0.15) is 0 Å². The Hall–Kier alpha value is -1.48. The van der Waals surface area contributed by atoms with E-state index in [2.05, 4.69) is 4.98 Å². The van der Waals surface area contributed by atoms with Gasteiger partial charge in [0.15, 0.2) is 5.78 Å². The van der Waals surface area contributed by atoms with Crippen molar-refractivity contribution in [1.82, 2.24) is 4.98 Å². The maximum atomic E-state index is 12.6.